The molecular weight excluding hydrogens is 364 g/mol. The zero-order valence-electron chi connectivity index (χ0n) is 16.3. The highest BCUT2D eigenvalue weighted by Gasteiger charge is 2.32. The van der Waals surface area contributed by atoms with Crippen molar-refractivity contribution in [3.8, 4) is 0 Å². The van der Waals surface area contributed by atoms with Crippen molar-refractivity contribution in [1.82, 2.24) is 9.21 Å². The molecule has 0 radical (unpaired) electrons. The van der Waals surface area contributed by atoms with Gasteiger partial charge in [-0.15, -0.1) is 0 Å². The number of morpholine rings is 1. The Bertz CT molecular complexity index is 730. The first-order chi connectivity index (χ1) is 12.9. The second-order valence-electron chi connectivity index (χ2n) is 7.66. The number of sulfonamides is 1. The molecule has 27 heavy (non-hydrogen) atoms. The third-order valence-electron chi connectivity index (χ3n) is 5.27. The highest BCUT2D eigenvalue weighted by molar-refractivity contribution is 7.89. The summed E-state index contributed by atoms with van der Waals surface area (Å²) in [5.41, 5.74) is 0.554. The summed E-state index contributed by atoms with van der Waals surface area (Å²) in [6, 6.07) is 6.39. The number of likely N-dealkylation sites (tertiary alicyclic amines) is 1. The van der Waals surface area contributed by atoms with Gasteiger partial charge in [0.25, 0.3) is 5.91 Å². The second kappa shape index (κ2) is 8.71. The fourth-order valence-electron chi connectivity index (χ4n) is 3.88. The number of hydrogen-bond acceptors (Lipinski definition) is 4. The third kappa shape index (κ3) is 4.89. The van der Waals surface area contributed by atoms with Crippen molar-refractivity contribution in [3.05, 3.63) is 29.8 Å². The van der Waals surface area contributed by atoms with Crippen LogP contribution in [0.2, 0.25) is 0 Å². The first kappa shape index (κ1) is 20.3. The predicted octanol–water partition coefficient (Wildman–Crippen LogP) is 2.89. The molecule has 2 aliphatic rings. The lowest BCUT2D eigenvalue weighted by Gasteiger charge is -2.34. The number of amides is 1. The number of benzene rings is 1. The van der Waals surface area contributed by atoms with E-state index in [1.165, 1.54) is 10.7 Å². The normalized spacial score (nSPS) is 25.6. The van der Waals surface area contributed by atoms with Crippen LogP contribution in [0.3, 0.4) is 0 Å². The van der Waals surface area contributed by atoms with Gasteiger partial charge in [-0.3, -0.25) is 4.79 Å². The van der Waals surface area contributed by atoms with Crippen molar-refractivity contribution < 1.29 is 17.9 Å². The molecule has 150 valence electrons. The molecule has 2 saturated heterocycles. The van der Waals surface area contributed by atoms with Crippen LogP contribution in [0.4, 0.5) is 0 Å². The van der Waals surface area contributed by atoms with Crippen LogP contribution in [0, 0.1) is 0 Å². The van der Waals surface area contributed by atoms with E-state index in [4.69, 9.17) is 4.74 Å². The van der Waals surface area contributed by atoms with Crippen molar-refractivity contribution in [2.24, 2.45) is 0 Å². The van der Waals surface area contributed by atoms with Gasteiger partial charge in [-0.1, -0.05) is 19.3 Å². The monoisotopic (exact) mass is 394 g/mol. The van der Waals surface area contributed by atoms with Gasteiger partial charge in [0.1, 0.15) is 0 Å². The highest BCUT2D eigenvalue weighted by atomic mass is 32.2. The zero-order valence-corrected chi connectivity index (χ0v) is 17.1. The average molecular weight is 395 g/mol. The zero-order chi connectivity index (χ0) is 19.4. The minimum Gasteiger partial charge on any atom is -0.373 e. The van der Waals surface area contributed by atoms with Crippen molar-refractivity contribution in [3.63, 3.8) is 0 Å². The molecule has 2 aliphatic heterocycles. The molecular formula is C20H30N2O4S. The SMILES string of the molecule is C[C@@H]1CN(S(=O)(=O)c2ccc(C(=O)N3CCCCCCC3)cc2)C[C@H](C)O1. The van der Waals surface area contributed by atoms with Crippen LogP contribution in [0.5, 0.6) is 0 Å². The minimum absolute atomic E-state index is 0.00513. The van der Waals surface area contributed by atoms with E-state index in [1.807, 2.05) is 18.7 Å². The lowest BCUT2D eigenvalue weighted by Crippen LogP contribution is -2.48. The van der Waals surface area contributed by atoms with Gasteiger partial charge in [0.2, 0.25) is 10.0 Å². The van der Waals surface area contributed by atoms with Gasteiger partial charge in [0, 0.05) is 31.7 Å². The number of ether oxygens (including phenoxy) is 1. The van der Waals surface area contributed by atoms with Crippen LogP contribution < -0.4 is 0 Å². The van der Waals surface area contributed by atoms with E-state index >= 15 is 0 Å². The summed E-state index contributed by atoms with van der Waals surface area (Å²) in [5.74, 6) is -0.00513. The first-order valence-corrected chi connectivity index (χ1v) is 11.4. The lowest BCUT2D eigenvalue weighted by molar-refractivity contribution is -0.0440. The molecule has 0 N–H and O–H groups in total. The largest absolute Gasteiger partial charge is 0.373 e. The molecule has 2 fully saturated rings. The molecule has 0 aliphatic carbocycles. The topological polar surface area (TPSA) is 66.9 Å². The summed E-state index contributed by atoms with van der Waals surface area (Å²) in [7, 11) is -3.58. The van der Waals surface area contributed by atoms with E-state index in [0.29, 0.717) is 18.7 Å². The summed E-state index contributed by atoms with van der Waals surface area (Å²) in [6.07, 6.45) is 5.38. The Morgan fingerprint density at radius 3 is 2.00 bits per heavy atom. The van der Waals surface area contributed by atoms with E-state index in [0.717, 1.165) is 38.8 Å². The highest BCUT2D eigenvalue weighted by Crippen LogP contribution is 2.22. The van der Waals surface area contributed by atoms with Crippen LogP contribution in [0.1, 0.15) is 56.3 Å². The molecule has 0 bridgehead atoms. The van der Waals surface area contributed by atoms with E-state index in [2.05, 4.69) is 0 Å². The van der Waals surface area contributed by atoms with E-state index < -0.39 is 10.0 Å². The molecule has 1 aromatic rings. The van der Waals surface area contributed by atoms with Gasteiger partial charge in [-0.25, -0.2) is 8.42 Å². The molecule has 2 atom stereocenters. The minimum atomic E-state index is -3.58. The maximum atomic E-state index is 12.9. The Labute approximate surface area is 162 Å². The number of carbonyl (C=O) groups is 1. The standard InChI is InChI=1S/C20H30N2O4S/c1-16-14-22(15-17(2)26-16)27(24,25)19-10-8-18(9-11-19)20(23)21-12-6-4-3-5-7-13-21/h8-11,16-17H,3-7,12-15H2,1-2H3/t16-,17+. The van der Waals surface area contributed by atoms with Crippen LogP contribution in [-0.2, 0) is 14.8 Å². The fourth-order valence-corrected chi connectivity index (χ4v) is 5.47. The molecule has 3 rings (SSSR count). The average Bonchev–Trinajstić information content (AvgIpc) is 2.60. The smallest absolute Gasteiger partial charge is 0.253 e. The molecule has 0 spiro atoms. The van der Waals surface area contributed by atoms with Gasteiger partial charge >= 0.3 is 0 Å². The Hall–Kier alpha value is -1.44. The summed E-state index contributed by atoms with van der Waals surface area (Å²) in [6.45, 7) is 6.01. The van der Waals surface area contributed by atoms with E-state index in [9.17, 15) is 13.2 Å². The quantitative estimate of drug-likeness (QED) is 0.791. The van der Waals surface area contributed by atoms with Crippen LogP contribution >= 0.6 is 0 Å². The summed E-state index contributed by atoms with van der Waals surface area (Å²) < 4.78 is 32.9. The van der Waals surface area contributed by atoms with Gasteiger partial charge in [0.05, 0.1) is 17.1 Å². The molecule has 6 nitrogen and oxygen atoms in total. The van der Waals surface area contributed by atoms with Crippen molar-refractivity contribution in [2.75, 3.05) is 26.2 Å². The maximum absolute atomic E-state index is 12.9. The fraction of sp³-hybridized carbons (Fsp3) is 0.650. The molecule has 0 unspecified atom stereocenters. The van der Waals surface area contributed by atoms with E-state index in [1.54, 1.807) is 24.3 Å². The molecule has 1 amide bonds. The van der Waals surface area contributed by atoms with Gasteiger partial charge in [-0.05, 0) is 51.0 Å². The van der Waals surface area contributed by atoms with Crippen molar-refractivity contribution >= 4 is 15.9 Å². The first-order valence-electron chi connectivity index (χ1n) is 9.93. The Morgan fingerprint density at radius 1 is 0.926 bits per heavy atom. The van der Waals surface area contributed by atoms with Crippen molar-refractivity contribution in [1.29, 1.82) is 0 Å². The Morgan fingerprint density at radius 2 is 1.44 bits per heavy atom. The Balaban J connectivity index is 1.73. The number of nitrogens with zero attached hydrogens (tertiary/aromatic N) is 2. The molecule has 7 heteroatoms. The second-order valence-corrected chi connectivity index (χ2v) is 9.60. The molecule has 0 saturated carbocycles. The predicted molar refractivity (Wildman–Crippen MR) is 104 cm³/mol. The Kier molecular flexibility index (Phi) is 6.55. The third-order valence-corrected chi connectivity index (χ3v) is 7.11. The van der Waals surface area contributed by atoms with Crippen LogP contribution in [-0.4, -0.2) is 61.9 Å². The molecule has 0 aromatic heterocycles. The molecule has 2 heterocycles. The number of rotatable bonds is 3. The van der Waals surface area contributed by atoms with Gasteiger partial charge in [-0.2, -0.15) is 4.31 Å². The van der Waals surface area contributed by atoms with Crippen molar-refractivity contribution in [2.45, 2.75) is 63.1 Å². The summed E-state index contributed by atoms with van der Waals surface area (Å²) in [5, 5.41) is 0. The number of hydrogen-bond donors (Lipinski definition) is 0. The molecule has 1 aromatic carbocycles. The number of carbonyl (C=O) groups excluding carboxylic acids is 1. The summed E-state index contributed by atoms with van der Waals surface area (Å²) >= 11 is 0. The van der Waals surface area contributed by atoms with Gasteiger partial charge < -0.3 is 9.64 Å². The van der Waals surface area contributed by atoms with Crippen LogP contribution in [0.25, 0.3) is 0 Å². The van der Waals surface area contributed by atoms with Gasteiger partial charge in [0.15, 0.2) is 0 Å². The summed E-state index contributed by atoms with van der Waals surface area (Å²) in [4.78, 5) is 14.9. The maximum Gasteiger partial charge on any atom is 0.253 e. The van der Waals surface area contributed by atoms with Crippen LogP contribution in [0.15, 0.2) is 29.2 Å². The van der Waals surface area contributed by atoms with E-state index in [-0.39, 0.29) is 23.0 Å². The lowest BCUT2D eigenvalue weighted by atomic mass is 10.1.